The smallest absolute Gasteiger partial charge is 0.132 e. The van der Waals surface area contributed by atoms with Gasteiger partial charge in [-0.15, -0.1) is 0 Å². The van der Waals surface area contributed by atoms with Crippen LogP contribution in [0.25, 0.3) is 10.9 Å². The largest absolute Gasteiger partial charge is 0.489 e. The number of pyridine rings is 1. The predicted molar refractivity (Wildman–Crippen MR) is 82.3 cm³/mol. The summed E-state index contributed by atoms with van der Waals surface area (Å²) < 4.78 is 5.79. The molecule has 0 amide bonds. The quantitative estimate of drug-likeness (QED) is 0.646. The topological polar surface area (TPSA) is 22.1 Å². The molecule has 3 rings (SSSR count). The van der Waals surface area contributed by atoms with Crippen LogP contribution in [-0.2, 0) is 6.61 Å². The first-order valence-electron chi connectivity index (χ1n) is 6.46. The van der Waals surface area contributed by atoms with Crippen LogP contribution in [0.3, 0.4) is 0 Å². The van der Waals surface area contributed by atoms with E-state index in [2.05, 4.69) is 4.98 Å². The summed E-state index contributed by atoms with van der Waals surface area (Å²) in [6.07, 6.45) is 0. The molecule has 0 radical (unpaired) electrons. The van der Waals surface area contributed by atoms with E-state index < -0.39 is 0 Å². The number of hydrogen-bond donors (Lipinski definition) is 0. The van der Waals surface area contributed by atoms with Crippen LogP contribution in [0.4, 0.5) is 0 Å². The molecule has 3 heteroatoms. The third kappa shape index (κ3) is 2.75. The highest BCUT2D eigenvalue weighted by molar-refractivity contribution is 6.30. The van der Waals surface area contributed by atoms with E-state index in [1.807, 2.05) is 61.5 Å². The van der Waals surface area contributed by atoms with Gasteiger partial charge in [0, 0.05) is 11.5 Å². The lowest BCUT2D eigenvalue weighted by Gasteiger charge is -2.08. The highest BCUT2D eigenvalue weighted by Crippen LogP contribution is 2.24. The lowest BCUT2D eigenvalue weighted by Crippen LogP contribution is -1.95. The number of nitrogens with zero attached hydrogens (tertiary/aromatic N) is 1. The molecule has 0 unspecified atom stereocenters. The Morgan fingerprint density at radius 2 is 1.85 bits per heavy atom. The minimum atomic E-state index is 0.540. The Morgan fingerprint density at radius 1 is 1.05 bits per heavy atom. The molecule has 2 nitrogen and oxygen atoms in total. The summed E-state index contributed by atoms with van der Waals surface area (Å²) in [4.78, 5) is 4.38. The summed E-state index contributed by atoms with van der Waals surface area (Å²) in [5.74, 6) is 0.800. The molecule has 1 aromatic heterocycles. The fourth-order valence-electron chi connectivity index (χ4n) is 2.06. The first-order valence-corrected chi connectivity index (χ1v) is 6.84. The second-order valence-corrected chi connectivity index (χ2v) is 5.08. The van der Waals surface area contributed by atoms with Crippen LogP contribution in [0.2, 0.25) is 5.15 Å². The third-order valence-corrected chi connectivity index (χ3v) is 3.55. The molecule has 0 spiro atoms. The highest BCUT2D eigenvalue weighted by atomic mass is 35.5. The van der Waals surface area contributed by atoms with Crippen molar-refractivity contribution in [3.63, 3.8) is 0 Å². The van der Waals surface area contributed by atoms with Crippen LogP contribution < -0.4 is 4.74 Å². The standard InChI is InChI=1S/C17H14ClNO/c1-12-9-14-7-8-15(10-16(14)19-17(12)18)20-11-13-5-3-2-4-6-13/h2-10H,11H2,1H3. The Bertz CT molecular complexity index is 741. The summed E-state index contributed by atoms with van der Waals surface area (Å²) in [5.41, 5.74) is 2.98. The number of aryl methyl sites for hydroxylation is 1. The normalized spacial score (nSPS) is 10.7. The average molecular weight is 284 g/mol. The Balaban J connectivity index is 1.84. The van der Waals surface area contributed by atoms with Crippen LogP contribution in [0.15, 0.2) is 54.6 Å². The average Bonchev–Trinajstić information content (AvgIpc) is 2.47. The van der Waals surface area contributed by atoms with Crippen molar-refractivity contribution < 1.29 is 4.74 Å². The molecule has 0 aliphatic carbocycles. The minimum Gasteiger partial charge on any atom is -0.489 e. The maximum Gasteiger partial charge on any atom is 0.132 e. The third-order valence-electron chi connectivity index (χ3n) is 3.17. The van der Waals surface area contributed by atoms with E-state index in [0.29, 0.717) is 11.8 Å². The van der Waals surface area contributed by atoms with Crippen LogP contribution in [0, 0.1) is 6.92 Å². The van der Waals surface area contributed by atoms with E-state index in [9.17, 15) is 0 Å². The number of rotatable bonds is 3. The predicted octanol–water partition coefficient (Wildman–Crippen LogP) is 4.78. The van der Waals surface area contributed by atoms with Gasteiger partial charge in [0.25, 0.3) is 0 Å². The summed E-state index contributed by atoms with van der Waals surface area (Å²) in [6, 6.07) is 18.0. The maximum absolute atomic E-state index is 6.06. The number of ether oxygens (including phenoxy) is 1. The molecular weight excluding hydrogens is 270 g/mol. The number of fused-ring (bicyclic) bond motifs is 1. The number of halogens is 1. The molecule has 0 bridgehead atoms. The van der Waals surface area contributed by atoms with Crippen molar-refractivity contribution in [2.75, 3.05) is 0 Å². The molecule has 0 saturated carbocycles. The monoisotopic (exact) mass is 283 g/mol. The summed E-state index contributed by atoms with van der Waals surface area (Å²) >= 11 is 6.06. The lowest BCUT2D eigenvalue weighted by atomic mass is 10.1. The van der Waals surface area contributed by atoms with Gasteiger partial charge in [-0.25, -0.2) is 4.98 Å². The van der Waals surface area contributed by atoms with E-state index in [1.165, 1.54) is 0 Å². The molecule has 100 valence electrons. The highest BCUT2D eigenvalue weighted by Gasteiger charge is 2.03. The zero-order valence-corrected chi connectivity index (χ0v) is 11.9. The van der Waals surface area contributed by atoms with Crippen molar-refractivity contribution in [2.45, 2.75) is 13.5 Å². The first-order chi connectivity index (χ1) is 9.72. The molecule has 0 aliphatic heterocycles. The number of aromatic nitrogens is 1. The van der Waals surface area contributed by atoms with Crippen LogP contribution >= 0.6 is 11.6 Å². The zero-order chi connectivity index (χ0) is 13.9. The van der Waals surface area contributed by atoms with Gasteiger partial charge in [0.05, 0.1) is 5.52 Å². The van der Waals surface area contributed by atoms with Gasteiger partial charge in [-0.2, -0.15) is 0 Å². The summed E-state index contributed by atoms with van der Waals surface area (Å²) in [6.45, 7) is 2.50. The zero-order valence-electron chi connectivity index (χ0n) is 11.1. The van der Waals surface area contributed by atoms with E-state index in [1.54, 1.807) is 0 Å². The summed E-state index contributed by atoms with van der Waals surface area (Å²) in [7, 11) is 0. The maximum atomic E-state index is 6.06. The van der Waals surface area contributed by atoms with Crippen LogP contribution in [0.5, 0.6) is 5.75 Å². The van der Waals surface area contributed by atoms with Gasteiger partial charge in [0.2, 0.25) is 0 Å². The van der Waals surface area contributed by atoms with Crippen molar-refractivity contribution in [3.05, 3.63) is 70.9 Å². The number of benzene rings is 2. The Morgan fingerprint density at radius 3 is 2.65 bits per heavy atom. The van der Waals surface area contributed by atoms with Gasteiger partial charge < -0.3 is 4.74 Å². The van der Waals surface area contributed by atoms with Gasteiger partial charge >= 0.3 is 0 Å². The molecular formula is C17H14ClNO. The molecule has 3 aromatic rings. The Kier molecular flexibility index (Phi) is 3.57. The van der Waals surface area contributed by atoms with Crippen molar-refractivity contribution in [3.8, 4) is 5.75 Å². The van der Waals surface area contributed by atoms with E-state index in [0.717, 1.165) is 27.8 Å². The Hall–Kier alpha value is -2.06. The molecule has 0 saturated heterocycles. The van der Waals surface area contributed by atoms with Crippen molar-refractivity contribution in [2.24, 2.45) is 0 Å². The first kappa shape index (κ1) is 12.9. The fourth-order valence-corrected chi connectivity index (χ4v) is 2.21. The second-order valence-electron chi connectivity index (χ2n) is 4.72. The van der Waals surface area contributed by atoms with Gasteiger partial charge in [-0.1, -0.05) is 41.9 Å². The molecule has 0 N–H and O–H groups in total. The van der Waals surface area contributed by atoms with Gasteiger partial charge in [-0.05, 0) is 36.2 Å². The van der Waals surface area contributed by atoms with E-state index in [-0.39, 0.29) is 0 Å². The van der Waals surface area contributed by atoms with Crippen molar-refractivity contribution >= 4 is 22.5 Å². The second kappa shape index (κ2) is 5.51. The molecule has 20 heavy (non-hydrogen) atoms. The minimum absolute atomic E-state index is 0.540. The molecule has 0 fully saturated rings. The van der Waals surface area contributed by atoms with Gasteiger partial charge in [-0.3, -0.25) is 0 Å². The van der Waals surface area contributed by atoms with Gasteiger partial charge in [0.1, 0.15) is 17.5 Å². The summed E-state index contributed by atoms with van der Waals surface area (Å²) in [5, 5.41) is 1.61. The molecule has 2 aromatic carbocycles. The fraction of sp³-hybridized carbons (Fsp3) is 0.118. The van der Waals surface area contributed by atoms with Crippen LogP contribution in [-0.4, -0.2) is 4.98 Å². The SMILES string of the molecule is Cc1cc2ccc(OCc3ccccc3)cc2nc1Cl. The van der Waals surface area contributed by atoms with Gasteiger partial charge in [0.15, 0.2) is 0 Å². The lowest BCUT2D eigenvalue weighted by molar-refractivity contribution is 0.306. The Labute approximate surface area is 123 Å². The molecule has 0 atom stereocenters. The van der Waals surface area contributed by atoms with E-state index in [4.69, 9.17) is 16.3 Å². The van der Waals surface area contributed by atoms with Crippen molar-refractivity contribution in [1.29, 1.82) is 0 Å². The van der Waals surface area contributed by atoms with E-state index >= 15 is 0 Å². The van der Waals surface area contributed by atoms with Crippen molar-refractivity contribution in [1.82, 2.24) is 4.98 Å². The molecule has 0 aliphatic rings. The number of hydrogen-bond acceptors (Lipinski definition) is 2. The van der Waals surface area contributed by atoms with Crippen LogP contribution in [0.1, 0.15) is 11.1 Å². The molecule has 1 heterocycles.